The molecule has 5 aromatic rings. The van der Waals surface area contributed by atoms with Crippen LogP contribution in [0.4, 0.5) is 0 Å². The van der Waals surface area contributed by atoms with Gasteiger partial charge in [0.1, 0.15) is 17.2 Å². The number of hydrazone groups is 1. The van der Waals surface area contributed by atoms with Crippen LogP contribution in [0.1, 0.15) is 33.3 Å². The predicted molar refractivity (Wildman–Crippen MR) is 172 cm³/mol. The molecule has 4 aromatic carbocycles. The van der Waals surface area contributed by atoms with Gasteiger partial charge in [0.05, 0.1) is 39.7 Å². The van der Waals surface area contributed by atoms with Crippen molar-refractivity contribution >= 4 is 40.6 Å². The molecule has 1 amide bonds. The van der Waals surface area contributed by atoms with Gasteiger partial charge in [-0.15, -0.1) is 0 Å². The zero-order chi connectivity index (χ0) is 31.9. The number of hydrogen-bond acceptors (Lipinski definition) is 8. The first-order valence-corrected chi connectivity index (χ1v) is 14.2. The first-order valence-electron chi connectivity index (χ1n) is 13.9. The van der Waals surface area contributed by atoms with E-state index in [1.807, 2.05) is 43.3 Å². The Morgan fingerprint density at radius 1 is 0.889 bits per heavy atom. The lowest BCUT2D eigenvalue weighted by Gasteiger charge is -2.14. The van der Waals surface area contributed by atoms with E-state index in [-0.39, 0.29) is 17.0 Å². The number of carbonyl (C=O) groups excluding carboxylic acids is 2. The molecular weight excluding hydrogens is 598 g/mol. The van der Waals surface area contributed by atoms with E-state index in [1.54, 1.807) is 30.3 Å². The van der Waals surface area contributed by atoms with Crippen molar-refractivity contribution < 1.29 is 33.3 Å². The standard InChI is InChI=1S/C34H30ClN3O7/c1-5-44-22-14-15-26-24(18-22)30(23-11-7-8-12-25(23)35)31(37-26)33(39)38-36-19-20-10-6-9-13-27(20)45-34(40)21-16-28(41-2)32(43-4)29(17-21)42-3/h6-19,37H,5H2,1-4H3,(H,38,39). The lowest BCUT2D eigenvalue weighted by Crippen LogP contribution is -2.19. The normalized spacial score (nSPS) is 11.0. The number of rotatable bonds is 11. The number of para-hydroxylation sites is 1. The monoisotopic (exact) mass is 627 g/mol. The number of hydrogen-bond donors (Lipinski definition) is 2. The number of carbonyl (C=O) groups is 2. The second-order valence-corrected chi connectivity index (χ2v) is 9.94. The first-order chi connectivity index (χ1) is 21.9. The van der Waals surface area contributed by atoms with Crippen molar-refractivity contribution in [2.24, 2.45) is 5.10 Å². The molecule has 230 valence electrons. The number of amides is 1. The Balaban J connectivity index is 1.41. The average molecular weight is 628 g/mol. The van der Waals surface area contributed by atoms with E-state index in [1.165, 1.54) is 39.7 Å². The molecule has 0 saturated carbocycles. The van der Waals surface area contributed by atoms with E-state index < -0.39 is 11.9 Å². The number of aromatic nitrogens is 1. The highest BCUT2D eigenvalue weighted by molar-refractivity contribution is 6.34. The highest BCUT2D eigenvalue weighted by Gasteiger charge is 2.22. The first kappa shape index (κ1) is 31.0. The summed E-state index contributed by atoms with van der Waals surface area (Å²) in [7, 11) is 4.39. The Morgan fingerprint density at radius 2 is 1.60 bits per heavy atom. The van der Waals surface area contributed by atoms with Crippen LogP contribution >= 0.6 is 11.6 Å². The maximum absolute atomic E-state index is 13.5. The highest BCUT2D eigenvalue weighted by atomic mass is 35.5. The minimum absolute atomic E-state index is 0.183. The lowest BCUT2D eigenvalue weighted by atomic mass is 10.0. The van der Waals surface area contributed by atoms with Crippen molar-refractivity contribution in [3.8, 4) is 39.9 Å². The molecule has 0 atom stereocenters. The van der Waals surface area contributed by atoms with Gasteiger partial charge in [0, 0.05) is 32.6 Å². The number of H-pyrrole nitrogens is 1. The van der Waals surface area contributed by atoms with E-state index in [0.29, 0.717) is 51.3 Å². The maximum Gasteiger partial charge on any atom is 0.343 e. The Hall–Kier alpha value is -5.48. The molecule has 5 rings (SSSR count). The molecule has 11 heteroatoms. The van der Waals surface area contributed by atoms with Gasteiger partial charge < -0.3 is 28.7 Å². The minimum atomic E-state index is -0.659. The molecule has 45 heavy (non-hydrogen) atoms. The molecule has 0 aliphatic heterocycles. The molecule has 0 spiro atoms. The largest absolute Gasteiger partial charge is 0.494 e. The summed E-state index contributed by atoms with van der Waals surface area (Å²) < 4.78 is 27.4. The minimum Gasteiger partial charge on any atom is -0.494 e. The number of aromatic amines is 1. The van der Waals surface area contributed by atoms with E-state index >= 15 is 0 Å². The van der Waals surface area contributed by atoms with Crippen LogP contribution in [0.5, 0.6) is 28.7 Å². The highest BCUT2D eigenvalue weighted by Crippen LogP contribution is 2.39. The summed E-state index contributed by atoms with van der Waals surface area (Å²) in [4.78, 5) is 29.8. The molecule has 10 nitrogen and oxygen atoms in total. The third kappa shape index (κ3) is 6.56. The summed E-state index contributed by atoms with van der Waals surface area (Å²) in [5, 5.41) is 5.42. The van der Waals surface area contributed by atoms with Crippen LogP contribution < -0.4 is 29.1 Å². The molecule has 0 radical (unpaired) electrons. The average Bonchev–Trinajstić information content (AvgIpc) is 3.43. The van der Waals surface area contributed by atoms with Crippen molar-refractivity contribution in [3.63, 3.8) is 0 Å². The zero-order valence-corrected chi connectivity index (χ0v) is 25.7. The SMILES string of the molecule is CCOc1ccc2[nH]c(C(=O)NN=Cc3ccccc3OC(=O)c3cc(OC)c(OC)c(OC)c3)c(-c3ccccc3Cl)c2c1. The summed E-state index contributed by atoms with van der Waals surface area (Å²) in [5.74, 6) is 0.699. The molecule has 0 fully saturated rings. The van der Waals surface area contributed by atoms with Crippen molar-refractivity contribution in [2.45, 2.75) is 6.92 Å². The maximum atomic E-state index is 13.5. The molecule has 0 saturated heterocycles. The summed E-state index contributed by atoms with van der Waals surface area (Å²) in [6, 6.07) is 22.6. The third-order valence-electron chi connectivity index (χ3n) is 6.84. The van der Waals surface area contributed by atoms with Gasteiger partial charge in [0.2, 0.25) is 5.75 Å². The molecule has 1 heterocycles. The number of esters is 1. The number of fused-ring (bicyclic) bond motifs is 1. The van der Waals surface area contributed by atoms with Gasteiger partial charge in [-0.05, 0) is 55.5 Å². The van der Waals surface area contributed by atoms with Gasteiger partial charge in [-0.2, -0.15) is 5.10 Å². The number of benzene rings is 4. The van der Waals surface area contributed by atoms with Crippen molar-refractivity contribution in [3.05, 3.63) is 101 Å². The molecule has 1 aromatic heterocycles. The number of methoxy groups -OCH3 is 3. The number of halogens is 1. The summed E-state index contributed by atoms with van der Waals surface area (Å²) >= 11 is 6.56. The van der Waals surface area contributed by atoms with Gasteiger partial charge in [-0.25, -0.2) is 10.2 Å². The second kappa shape index (κ2) is 13.9. The van der Waals surface area contributed by atoms with E-state index in [4.69, 9.17) is 35.3 Å². The van der Waals surface area contributed by atoms with Crippen LogP contribution in [0.2, 0.25) is 5.02 Å². The zero-order valence-electron chi connectivity index (χ0n) is 25.0. The van der Waals surface area contributed by atoms with Crippen molar-refractivity contribution in [1.82, 2.24) is 10.4 Å². The Kier molecular flexibility index (Phi) is 9.54. The van der Waals surface area contributed by atoms with Crippen LogP contribution in [0.3, 0.4) is 0 Å². The van der Waals surface area contributed by atoms with Gasteiger partial charge in [-0.1, -0.05) is 41.9 Å². The van der Waals surface area contributed by atoms with E-state index in [2.05, 4.69) is 15.5 Å². The fourth-order valence-electron chi connectivity index (χ4n) is 4.80. The smallest absolute Gasteiger partial charge is 0.343 e. The topological polar surface area (TPSA) is 120 Å². The Morgan fingerprint density at radius 3 is 2.29 bits per heavy atom. The summed E-state index contributed by atoms with van der Waals surface area (Å²) in [6.45, 7) is 2.40. The van der Waals surface area contributed by atoms with E-state index in [9.17, 15) is 9.59 Å². The van der Waals surface area contributed by atoms with Crippen LogP contribution in [0.25, 0.3) is 22.0 Å². The molecule has 0 aliphatic carbocycles. The number of nitrogens with one attached hydrogen (secondary N) is 2. The fourth-order valence-corrected chi connectivity index (χ4v) is 5.03. The molecular formula is C34H30ClN3O7. The van der Waals surface area contributed by atoms with E-state index in [0.717, 1.165) is 10.9 Å². The van der Waals surface area contributed by atoms with Crippen LogP contribution in [-0.4, -0.2) is 51.0 Å². The number of ether oxygens (including phenoxy) is 5. The quantitative estimate of drug-likeness (QED) is 0.0707. The molecule has 0 bridgehead atoms. The van der Waals surface area contributed by atoms with Gasteiger partial charge in [0.25, 0.3) is 5.91 Å². The lowest BCUT2D eigenvalue weighted by molar-refractivity contribution is 0.0733. The van der Waals surface area contributed by atoms with Gasteiger partial charge in [-0.3, -0.25) is 4.79 Å². The molecule has 2 N–H and O–H groups in total. The van der Waals surface area contributed by atoms with Crippen LogP contribution in [0.15, 0.2) is 84.0 Å². The molecule has 0 aliphatic rings. The fraction of sp³-hybridized carbons (Fsp3) is 0.147. The Labute approximate surface area is 264 Å². The summed E-state index contributed by atoms with van der Waals surface area (Å²) in [5.41, 5.74) is 5.49. The van der Waals surface area contributed by atoms with Crippen LogP contribution in [0, 0.1) is 0 Å². The van der Waals surface area contributed by atoms with Gasteiger partial charge >= 0.3 is 5.97 Å². The Bertz CT molecular complexity index is 1880. The second-order valence-electron chi connectivity index (χ2n) is 9.54. The van der Waals surface area contributed by atoms with Crippen LogP contribution in [-0.2, 0) is 0 Å². The number of nitrogens with zero attached hydrogens (tertiary/aromatic N) is 1. The predicted octanol–water partition coefficient (Wildman–Crippen LogP) is 6.90. The summed E-state index contributed by atoms with van der Waals surface area (Å²) in [6.07, 6.45) is 1.39. The van der Waals surface area contributed by atoms with Crippen molar-refractivity contribution in [1.29, 1.82) is 0 Å². The third-order valence-corrected chi connectivity index (χ3v) is 7.17. The van der Waals surface area contributed by atoms with Crippen molar-refractivity contribution in [2.75, 3.05) is 27.9 Å². The van der Waals surface area contributed by atoms with Gasteiger partial charge in [0.15, 0.2) is 11.5 Å². The molecule has 0 unspecified atom stereocenters.